The number of carbonyl (C=O) groups is 3. The van der Waals surface area contributed by atoms with Crippen LogP contribution < -0.4 is 20.5 Å². The fourth-order valence-corrected chi connectivity index (χ4v) is 2.63. The lowest BCUT2D eigenvalue weighted by molar-refractivity contribution is -0.123. The number of nitrogens with one attached hydrogen (secondary N) is 1. The largest absolute Gasteiger partial charge is 0.493 e. The molecule has 154 valence electrons. The summed E-state index contributed by atoms with van der Waals surface area (Å²) in [5.74, 6) is -1.28. The number of rotatable bonds is 8. The normalized spacial score (nSPS) is 11.3. The molecule has 0 aliphatic heterocycles. The molecule has 0 aromatic heterocycles. The Morgan fingerprint density at radius 2 is 1.79 bits per heavy atom. The second kappa shape index (κ2) is 9.79. The number of methoxy groups -OCH3 is 1. The molecule has 29 heavy (non-hydrogen) atoms. The number of esters is 1. The number of anilines is 1. The van der Waals surface area contributed by atoms with Gasteiger partial charge in [-0.15, -0.1) is 0 Å². The maximum absolute atomic E-state index is 12.4. The topological polar surface area (TPSA) is 117 Å². The average molecular weight is 421 g/mol. The summed E-state index contributed by atoms with van der Waals surface area (Å²) in [6.07, 6.45) is -1.09. The monoisotopic (exact) mass is 420 g/mol. The van der Waals surface area contributed by atoms with Crippen LogP contribution in [0.1, 0.15) is 34.6 Å². The molecule has 0 bridgehead atoms. The van der Waals surface area contributed by atoms with Gasteiger partial charge in [0.1, 0.15) is 0 Å². The third-order valence-electron chi connectivity index (χ3n) is 3.84. The van der Waals surface area contributed by atoms with Crippen molar-refractivity contribution in [2.24, 2.45) is 5.73 Å². The molecule has 0 fully saturated rings. The number of hydrogen-bond acceptors (Lipinski definition) is 6. The number of ether oxygens (including phenoxy) is 3. The van der Waals surface area contributed by atoms with Gasteiger partial charge in [0.25, 0.3) is 5.91 Å². The van der Waals surface area contributed by atoms with Crippen molar-refractivity contribution in [2.75, 3.05) is 19.0 Å². The summed E-state index contributed by atoms with van der Waals surface area (Å²) in [6, 6.07) is 8.79. The first-order valence-corrected chi connectivity index (χ1v) is 9.06. The molecule has 9 heteroatoms. The number of amides is 2. The first-order chi connectivity index (χ1) is 13.8. The van der Waals surface area contributed by atoms with Crippen LogP contribution in [-0.4, -0.2) is 37.6 Å². The van der Waals surface area contributed by atoms with Gasteiger partial charge < -0.3 is 25.3 Å². The molecule has 1 atom stereocenters. The molecule has 3 N–H and O–H groups in total. The quantitative estimate of drug-likeness (QED) is 0.634. The van der Waals surface area contributed by atoms with Crippen LogP contribution in [0.15, 0.2) is 36.4 Å². The van der Waals surface area contributed by atoms with Crippen molar-refractivity contribution in [1.29, 1.82) is 0 Å². The lowest BCUT2D eigenvalue weighted by Crippen LogP contribution is -2.30. The maximum Gasteiger partial charge on any atom is 0.339 e. The van der Waals surface area contributed by atoms with E-state index in [4.69, 9.17) is 31.5 Å². The predicted octanol–water partition coefficient (Wildman–Crippen LogP) is 3.03. The Bertz CT molecular complexity index is 914. The van der Waals surface area contributed by atoms with E-state index < -0.39 is 23.9 Å². The number of benzene rings is 2. The molecular formula is C20H21ClN2O6. The number of hydrogen-bond donors (Lipinski definition) is 2. The summed E-state index contributed by atoms with van der Waals surface area (Å²) in [5.41, 5.74) is 6.02. The van der Waals surface area contributed by atoms with Gasteiger partial charge in [0.05, 0.1) is 24.3 Å². The molecule has 0 unspecified atom stereocenters. The van der Waals surface area contributed by atoms with Gasteiger partial charge in [0.15, 0.2) is 17.6 Å². The second-order valence-corrected chi connectivity index (χ2v) is 6.31. The highest BCUT2D eigenvalue weighted by molar-refractivity contribution is 6.32. The first kappa shape index (κ1) is 22.0. The average Bonchev–Trinajstić information content (AvgIpc) is 2.69. The Kier molecular flexibility index (Phi) is 7.44. The lowest BCUT2D eigenvalue weighted by Gasteiger charge is -2.15. The Balaban J connectivity index is 2.06. The summed E-state index contributed by atoms with van der Waals surface area (Å²) in [4.78, 5) is 35.8. The highest BCUT2D eigenvalue weighted by Crippen LogP contribution is 2.36. The van der Waals surface area contributed by atoms with Crippen molar-refractivity contribution >= 4 is 35.1 Å². The van der Waals surface area contributed by atoms with Crippen LogP contribution in [0.2, 0.25) is 5.02 Å². The molecule has 0 saturated heterocycles. The van der Waals surface area contributed by atoms with E-state index in [-0.39, 0.29) is 16.3 Å². The molecule has 2 rings (SSSR count). The van der Waals surface area contributed by atoms with Crippen LogP contribution >= 0.6 is 11.6 Å². The van der Waals surface area contributed by atoms with Gasteiger partial charge in [0.2, 0.25) is 5.91 Å². The van der Waals surface area contributed by atoms with Crippen molar-refractivity contribution in [1.82, 2.24) is 0 Å². The van der Waals surface area contributed by atoms with Crippen LogP contribution in [0.5, 0.6) is 11.5 Å². The van der Waals surface area contributed by atoms with Crippen LogP contribution in [0, 0.1) is 0 Å². The lowest BCUT2D eigenvalue weighted by atomic mass is 10.2. The van der Waals surface area contributed by atoms with Crippen LogP contribution in [0.25, 0.3) is 0 Å². The highest BCUT2D eigenvalue weighted by atomic mass is 35.5. The summed E-state index contributed by atoms with van der Waals surface area (Å²) < 4.78 is 15.8. The molecule has 2 amide bonds. The van der Waals surface area contributed by atoms with Crippen molar-refractivity contribution in [3.63, 3.8) is 0 Å². The molecule has 0 spiro atoms. The van der Waals surface area contributed by atoms with Gasteiger partial charge in [-0.2, -0.15) is 0 Å². The summed E-state index contributed by atoms with van der Waals surface area (Å²) in [7, 11) is 1.42. The van der Waals surface area contributed by atoms with Crippen molar-refractivity contribution in [3.8, 4) is 11.5 Å². The van der Waals surface area contributed by atoms with Crippen molar-refractivity contribution in [2.45, 2.75) is 20.0 Å². The van der Waals surface area contributed by atoms with E-state index in [2.05, 4.69) is 5.32 Å². The summed E-state index contributed by atoms with van der Waals surface area (Å²) in [5, 5.41) is 2.77. The molecule has 2 aromatic rings. The van der Waals surface area contributed by atoms with E-state index in [1.807, 2.05) is 0 Å². The van der Waals surface area contributed by atoms with Gasteiger partial charge in [-0.3, -0.25) is 9.59 Å². The summed E-state index contributed by atoms with van der Waals surface area (Å²) >= 11 is 6.15. The minimum Gasteiger partial charge on any atom is -0.493 e. The Hall–Kier alpha value is -3.26. The van der Waals surface area contributed by atoms with Gasteiger partial charge >= 0.3 is 5.97 Å². The summed E-state index contributed by atoms with van der Waals surface area (Å²) in [6.45, 7) is 3.59. The third kappa shape index (κ3) is 5.61. The van der Waals surface area contributed by atoms with E-state index in [9.17, 15) is 14.4 Å². The minimum absolute atomic E-state index is 0.112. The van der Waals surface area contributed by atoms with Crippen LogP contribution in [0.4, 0.5) is 5.69 Å². The van der Waals surface area contributed by atoms with E-state index in [1.54, 1.807) is 6.92 Å². The zero-order valence-electron chi connectivity index (χ0n) is 16.2. The zero-order valence-corrected chi connectivity index (χ0v) is 16.9. The number of primary amides is 1. The van der Waals surface area contributed by atoms with Gasteiger partial charge in [-0.05, 0) is 50.2 Å². The second-order valence-electron chi connectivity index (χ2n) is 5.90. The van der Waals surface area contributed by atoms with Crippen molar-refractivity contribution in [3.05, 3.63) is 52.5 Å². The predicted molar refractivity (Wildman–Crippen MR) is 108 cm³/mol. The smallest absolute Gasteiger partial charge is 0.339 e. The number of halogens is 1. The Morgan fingerprint density at radius 1 is 1.14 bits per heavy atom. The Morgan fingerprint density at radius 3 is 2.34 bits per heavy atom. The molecule has 0 heterocycles. The minimum atomic E-state index is -1.09. The molecule has 8 nitrogen and oxygen atoms in total. The number of nitrogens with two attached hydrogens (primary N) is 1. The van der Waals surface area contributed by atoms with E-state index in [0.717, 1.165) is 0 Å². The van der Waals surface area contributed by atoms with Gasteiger partial charge in [-0.25, -0.2) is 4.79 Å². The van der Waals surface area contributed by atoms with Crippen LogP contribution in [-0.2, 0) is 9.53 Å². The first-order valence-electron chi connectivity index (χ1n) is 8.68. The van der Waals surface area contributed by atoms with Crippen molar-refractivity contribution < 1.29 is 28.6 Å². The fourth-order valence-electron chi connectivity index (χ4n) is 2.37. The maximum atomic E-state index is 12.4. The van der Waals surface area contributed by atoms with E-state index in [0.29, 0.717) is 23.6 Å². The molecule has 0 radical (unpaired) electrons. The molecule has 2 aromatic carbocycles. The van der Waals surface area contributed by atoms with Gasteiger partial charge in [-0.1, -0.05) is 11.6 Å². The number of carbonyl (C=O) groups excluding carboxylic acids is 3. The van der Waals surface area contributed by atoms with Crippen LogP contribution in [0.3, 0.4) is 0 Å². The Labute approximate surface area is 172 Å². The zero-order chi connectivity index (χ0) is 21.6. The standard InChI is InChI=1S/C20H21ClN2O6/c1-4-28-17-15(21)9-13(10-16(17)27-3)20(26)29-11(2)19(25)23-14-7-5-12(6-8-14)18(22)24/h5-11H,4H2,1-3H3,(H2,22,24)(H,23,25)/t11-/m1/s1. The van der Waals surface area contributed by atoms with E-state index in [1.165, 1.54) is 50.4 Å². The molecule has 0 aliphatic carbocycles. The third-order valence-corrected chi connectivity index (χ3v) is 4.12. The molecular weight excluding hydrogens is 400 g/mol. The van der Waals surface area contributed by atoms with Gasteiger partial charge in [0, 0.05) is 11.3 Å². The SMILES string of the molecule is CCOc1c(Cl)cc(C(=O)O[C@H](C)C(=O)Nc2ccc(C(N)=O)cc2)cc1OC. The molecule has 0 saturated carbocycles. The fraction of sp³-hybridized carbons (Fsp3) is 0.250. The highest BCUT2D eigenvalue weighted by Gasteiger charge is 2.22. The van der Waals surface area contributed by atoms with E-state index >= 15 is 0 Å². The molecule has 0 aliphatic rings.